The first-order valence-corrected chi connectivity index (χ1v) is 6.82. The highest BCUT2D eigenvalue weighted by Crippen LogP contribution is 2.36. The molecule has 1 aromatic carbocycles. The Hall–Kier alpha value is -1.47. The van der Waals surface area contributed by atoms with E-state index in [0.29, 0.717) is 5.69 Å². The third-order valence-electron chi connectivity index (χ3n) is 2.42. The number of hydrogen-bond donors (Lipinski definition) is 2. The highest BCUT2D eigenvalue weighted by atomic mass is 31.2. The molecule has 1 aliphatic rings. The van der Waals surface area contributed by atoms with E-state index < -0.39 is 32.4 Å². The van der Waals surface area contributed by atoms with Gasteiger partial charge in [0.25, 0.3) is 0 Å². The van der Waals surface area contributed by atoms with Gasteiger partial charge in [0, 0.05) is 0 Å². The van der Waals surface area contributed by atoms with Crippen molar-refractivity contribution in [1.29, 1.82) is 0 Å². The monoisotopic (exact) mass is 291 g/mol. The van der Waals surface area contributed by atoms with Gasteiger partial charge in [-0.15, -0.1) is 0 Å². The van der Waals surface area contributed by atoms with E-state index >= 15 is 0 Å². The highest BCUT2D eigenvalue weighted by molar-refractivity contribution is 7.46. The minimum atomic E-state index is -4.61. The lowest BCUT2D eigenvalue weighted by Crippen LogP contribution is -2.25. The minimum absolute atomic E-state index is 0.0300. The molecule has 19 heavy (non-hydrogen) atoms. The van der Waals surface area contributed by atoms with Crippen molar-refractivity contribution in [2.24, 2.45) is 0 Å². The summed E-state index contributed by atoms with van der Waals surface area (Å²) >= 11 is 0. The maximum absolute atomic E-state index is 13.0. The first-order chi connectivity index (χ1) is 8.85. The van der Waals surface area contributed by atoms with Crippen molar-refractivity contribution in [1.82, 2.24) is 0 Å². The lowest BCUT2D eigenvalue weighted by molar-refractivity contribution is 0.0880. The molecule has 0 saturated carbocycles. The van der Waals surface area contributed by atoms with Crippen molar-refractivity contribution in [2.75, 3.05) is 18.1 Å². The molecule has 2 N–H and O–H groups in total. The fourth-order valence-electron chi connectivity index (χ4n) is 1.64. The van der Waals surface area contributed by atoms with Crippen LogP contribution in [0.15, 0.2) is 24.3 Å². The topological polar surface area (TPSA) is 96.3 Å². The highest BCUT2D eigenvalue weighted by Gasteiger charge is 2.34. The zero-order chi connectivity index (χ0) is 14.0. The fourth-order valence-corrected chi connectivity index (χ4v) is 2.00. The van der Waals surface area contributed by atoms with E-state index in [1.54, 1.807) is 0 Å². The van der Waals surface area contributed by atoms with E-state index in [1.165, 1.54) is 18.2 Å². The van der Waals surface area contributed by atoms with Crippen LogP contribution in [0, 0.1) is 5.82 Å². The van der Waals surface area contributed by atoms with Crippen LogP contribution in [0.1, 0.15) is 0 Å². The van der Waals surface area contributed by atoms with Crippen LogP contribution in [0.3, 0.4) is 0 Å². The van der Waals surface area contributed by atoms with Crippen molar-refractivity contribution in [3.05, 3.63) is 30.1 Å². The van der Waals surface area contributed by atoms with Crippen LogP contribution in [0.5, 0.6) is 0 Å². The van der Waals surface area contributed by atoms with Gasteiger partial charge in [-0.2, -0.15) is 0 Å². The Morgan fingerprint density at radius 2 is 2.26 bits per heavy atom. The van der Waals surface area contributed by atoms with Crippen LogP contribution in [-0.2, 0) is 13.8 Å². The van der Waals surface area contributed by atoms with E-state index in [2.05, 4.69) is 4.52 Å². The number of phosphoric ester groups is 1. The van der Waals surface area contributed by atoms with Crippen LogP contribution < -0.4 is 4.90 Å². The van der Waals surface area contributed by atoms with Crippen LogP contribution in [-0.4, -0.2) is 35.1 Å². The van der Waals surface area contributed by atoms with Crippen LogP contribution >= 0.6 is 7.82 Å². The van der Waals surface area contributed by atoms with Crippen LogP contribution in [0.2, 0.25) is 0 Å². The SMILES string of the molecule is O=C1OC(COP(=O)(O)O)CN1c1cccc(F)c1. The maximum atomic E-state index is 13.0. The molecule has 7 nitrogen and oxygen atoms in total. The summed E-state index contributed by atoms with van der Waals surface area (Å²) in [6.07, 6.45) is -1.53. The number of hydrogen-bond acceptors (Lipinski definition) is 4. The molecule has 1 saturated heterocycles. The summed E-state index contributed by atoms with van der Waals surface area (Å²) < 4.78 is 32.7. The van der Waals surface area contributed by atoms with Gasteiger partial charge in [0.05, 0.1) is 18.8 Å². The van der Waals surface area contributed by atoms with Crippen molar-refractivity contribution in [3.8, 4) is 0 Å². The van der Waals surface area contributed by atoms with Gasteiger partial charge in [0.1, 0.15) is 11.9 Å². The molecular weight excluding hydrogens is 280 g/mol. The molecule has 0 aromatic heterocycles. The van der Waals surface area contributed by atoms with Gasteiger partial charge >= 0.3 is 13.9 Å². The Morgan fingerprint density at radius 1 is 1.53 bits per heavy atom. The number of nitrogens with zero attached hydrogens (tertiary/aromatic N) is 1. The molecule has 0 radical (unpaired) electrons. The molecule has 1 atom stereocenters. The van der Waals surface area contributed by atoms with Crippen LogP contribution in [0.25, 0.3) is 0 Å². The third-order valence-corrected chi connectivity index (χ3v) is 2.91. The number of amides is 1. The molecular formula is C10H11FNO6P. The lowest BCUT2D eigenvalue weighted by atomic mass is 10.2. The summed E-state index contributed by atoms with van der Waals surface area (Å²) in [5, 5.41) is 0. The Bertz CT molecular complexity index is 533. The number of carbonyl (C=O) groups excluding carboxylic acids is 1. The summed E-state index contributed by atoms with van der Waals surface area (Å²) in [7, 11) is -4.61. The molecule has 0 aliphatic carbocycles. The quantitative estimate of drug-likeness (QED) is 0.811. The number of halogens is 1. The summed E-state index contributed by atoms with van der Waals surface area (Å²) in [6, 6.07) is 5.36. The van der Waals surface area contributed by atoms with Gasteiger partial charge in [-0.1, -0.05) is 6.07 Å². The smallest absolute Gasteiger partial charge is 0.441 e. The molecule has 1 heterocycles. The first kappa shape index (κ1) is 14.0. The predicted molar refractivity (Wildman–Crippen MR) is 62.0 cm³/mol. The van der Waals surface area contributed by atoms with Gasteiger partial charge in [-0.3, -0.25) is 9.42 Å². The first-order valence-electron chi connectivity index (χ1n) is 5.29. The Balaban J connectivity index is 2.02. The molecule has 1 amide bonds. The molecule has 1 aliphatic heterocycles. The van der Waals surface area contributed by atoms with Gasteiger partial charge in [-0.05, 0) is 18.2 Å². The molecule has 2 rings (SSSR count). The second kappa shape index (κ2) is 5.26. The van der Waals surface area contributed by atoms with Crippen LogP contribution in [0.4, 0.5) is 14.9 Å². The van der Waals surface area contributed by atoms with Gasteiger partial charge in [0.15, 0.2) is 0 Å². The predicted octanol–water partition coefficient (Wildman–Crippen LogP) is 1.26. The number of cyclic esters (lactones) is 1. The van der Waals surface area contributed by atoms with E-state index in [1.807, 2.05) is 0 Å². The number of ether oxygens (including phenoxy) is 1. The van der Waals surface area contributed by atoms with Crippen molar-refractivity contribution < 1.29 is 32.8 Å². The number of phosphoric acid groups is 1. The molecule has 1 unspecified atom stereocenters. The molecule has 1 aromatic rings. The average Bonchev–Trinajstić information content (AvgIpc) is 2.67. The zero-order valence-corrected chi connectivity index (χ0v) is 10.5. The minimum Gasteiger partial charge on any atom is -0.441 e. The summed E-state index contributed by atoms with van der Waals surface area (Å²) in [5.41, 5.74) is 0.309. The van der Waals surface area contributed by atoms with Gasteiger partial charge in [-0.25, -0.2) is 13.8 Å². The second-order valence-electron chi connectivity index (χ2n) is 3.88. The van der Waals surface area contributed by atoms with E-state index in [0.717, 1.165) is 11.0 Å². The van der Waals surface area contributed by atoms with Crippen molar-refractivity contribution >= 4 is 19.6 Å². The normalized spacial score (nSPS) is 19.6. The standard InChI is InChI=1S/C10H11FNO6P/c11-7-2-1-3-8(4-7)12-5-9(18-10(12)13)6-17-19(14,15)16/h1-4,9H,5-6H2,(H2,14,15,16). The van der Waals surface area contributed by atoms with E-state index in [4.69, 9.17) is 14.5 Å². The Kier molecular flexibility index (Phi) is 3.86. The Labute approximate surface area is 107 Å². The largest absolute Gasteiger partial charge is 0.469 e. The average molecular weight is 291 g/mol. The maximum Gasteiger partial charge on any atom is 0.469 e. The van der Waals surface area contributed by atoms with Crippen molar-refractivity contribution in [2.45, 2.75) is 6.10 Å². The summed E-state index contributed by atoms with van der Waals surface area (Å²) in [6.45, 7) is -0.399. The van der Waals surface area contributed by atoms with E-state index in [-0.39, 0.29) is 6.54 Å². The number of benzene rings is 1. The van der Waals surface area contributed by atoms with Crippen molar-refractivity contribution in [3.63, 3.8) is 0 Å². The lowest BCUT2D eigenvalue weighted by Gasteiger charge is -2.12. The second-order valence-corrected chi connectivity index (χ2v) is 5.12. The number of carbonyl (C=O) groups is 1. The summed E-state index contributed by atoms with van der Waals surface area (Å²) in [4.78, 5) is 29.8. The Morgan fingerprint density at radius 3 is 2.89 bits per heavy atom. The third kappa shape index (κ3) is 3.74. The molecule has 0 spiro atoms. The summed E-state index contributed by atoms with van der Waals surface area (Å²) in [5.74, 6) is -0.500. The van der Waals surface area contributed by atoms with Gasteiger partial charge < -0.3 is 14.5 Å². The molecule has 1 fully saturated rings. The molecule has 104 valence electrons. The van der Waals surface area contributed by atoms with Gasteiger partial charge in [0.2, 0.25) is 0 Å². The fraction of sp³-hybridized carbons (Fsp3) is 0.300. The number of anilines is 1. The van der Waals surface area contributed by atoms with E-state index in [9.17, 15) is 13.8 Å². The molecule has 9 heteroatoms. The zero-order valence-electron chi connectivity index (χ0n) is 9.60. The number of rotatable bonds is 4. The molecule has 0 bridgehead atoms.